The molecule has 0 aliphatic rings. The zero-order valence-electron chi connectivity index (χ0n) is 10.6. The van der Waals surface area contributed by atoms with Gasteiger partial charge in [-0.1, -0.05) is 19.6 Å². The van der Waals surface area contributed by atoms with Crippen molar-refractivity contribution in [3.63, 3.8) is 0 Å². The Kier molecular flexibility index (Phi) is 5.94. The molecule has 0 aliphatic carbocycles. The molecule has 1 aromatic rings. The van der Waals surface area contributed by atoms with Crippen LogP contribution >= 0.6 is 0 Å². The molecule has 4 heteroatoms. The lowest BCUT2D eigenvalue weighted by Crippen LogP contribution is -2.36. The average molecular weight is 249 g/mol. The zero-order chi connectivity index (χ0) is 13.4. The van der Waals surface area contributed by atoms with Crippen LogP contribution in [0.4, 0.5) is 0 Å². The average Bonchev–Trinajstić information content (AvgIpc) is 2.42. The maximum Gasteiger partial charge on any atom is 0.251 e. The number of benzene rings is 1. The Morgan fingerprint density at radius 2 is 2.17 bits per heavy atom. The fourth-order valence-corrected chi connectivity index (χ4v) is 1.40. The van der Waals surface area contributed by atoms with Gasteiger partial charge < -0.3 is 15.2 Å². The Morgan fingerprint density at radius 3 is 2.67 bits per heavy atom. The summed E-state index contributed by atoms with van der Waals surface area (Å²) in [7, 11) is 0. The number of amides is 1. The van der Waals surface area contributed by atoms with Crippen LogP contribution in [-0.4, -0.2) is 30.3 Å². The van der Waals surface area contributed by atoms with Gasteiger partial charge in [-0.15, -0.1) is 0 Å². The largest absolute Gasteiger partial charge is 0.490 e. The van der Waals surface area contributed by atoms with Gasteiger partial charge in [-0.05, 0) is 30.7 Å². The molecule has 0 heterocycles. The molecule has 1 atom stereocenters. The number of rotatable bonds is 7. The molecular formula is C14H19NO3. The van der Waals surface area contributed by atoms with Crippen LogP contribution in [0.5, 0.6) is 5.75 Å². The Bertz CT molecular complexity index is 383. The third kappa shape index (κ3) is 4.22. The normalized spacial score (nSPS) is 11.7. The molecule has 1 unspecified atom stereocenters. The second-order valence-electron chi connectivity index (χ2n) is 3.89. The van der Waals surface area contributed by atoms with Crippen molar-refractivity contribution in [1.29, 1.82) is 0 Å². The summed E-state index contributed by atoms with van der Waals surface area (Å²) in [5, 5.41) is 11.8. The summed E-state index contributed by atoms with van der Waals surface area (Å²) < 4.78 is 5.32. The lowest BCUT2D eigenvalue weighted by Gasteiger charge is -2.14. The Morgan fingerprint density at radius 1 is 1.50 bits per heavy atom. The Hall–Kier alpha value is -1.81. The van der Waals surface area contributed by atoms with Crippen LogP contribution in [-0.2, 0) is 0 Å². The predicted octanol–water partition coefficient (Wildman–Crippen LogP) is 1.75. The number of ether oxygens (including phenoxy) is 1. The summed E-state index contributed by atoms with van der Waals surface area (Å²) >= 11 is 0. The summed E-state index contributed by atoms with van der Waals surface area (Å²) in [6, 6.07) is 6.65. The lowest BCUT2D eigenvalue weighted by atomic mass is 10.1. The maximum absolute atomic E-state index is 11.8. The van der Waals surface area contributed by atoms with E-state index in [9.17, 15) is 4.79 Å². The van der Waals surface area contributed by atoms with Gasteiger partial charge in [-0.2, -0.15) is 0 Å². The molecule has 0 fully saturated rings. The molecule has 0 radical (unpaired) electrons. The van der Waals surface area contributed by atoms with Crippen molar-refractivity contribution in [3.05, 3.63) is 42.5 Å². The van der Waals surface area contributed by atoms with Crippen molar-refractivity contribution in [2.75, 3.05) is 13.2 Å². The van der Waals surface area contributed by atoms with E-state index in [0.717, 1.165) is 0 Å². The van der Waals surface area contributed by atoms with Gasteiger partial charge >= 0.3 is 0 Å². The summed E-state index contributed by atoms with van der Waals surface area (Å²) in [6.07, 6.45) is 2.36. The molecule has 98 valence electrons. The minimum Gasteiger partial charge on any atom is -0.490 e. The Balaban J connectivity index is 2.61. The first-order valence-electron chi connectivity index (χ1n) is 5.96. The van der Waals surface area contributed by atoms with Gasteiger partial charge in [-0.3, -0.25) is 4.79 Å². The molecule has 1 rings (SSSR count). The highest BCUT2D eigenvalue weighted by molar-refractivity contribution is 5.94. The van der Waals surface area contributed by atoms with E-state index >= 15 is 0 Å². The van der Waals surface area contributed by atoms with Crippen LogP contribution in [0.25, 0.3) is 0 Å². The van der Waals surface area contributed by atoms with E-state index < -0.39 is 0 Å². The number of carbonyl (C=O) groups is 1. The third-order valence-corrected chi connectivity index (χ3v) is 2.53. The predicted molar refractivity (Wildman–Crippen MR) is 70.8 cm³/mol. The SMILES string of the molecule is C=CCOc1ccc(C(=O)NC(CC)CO)cc1. The molecule has 1 amide bonds. The molecule has 1 aromatic carbocycles. The van der Waals surface area contributed by atoms with Crippen LogP contribution in [0.3, 0.4) is 0 Å². The van der Waals surface area contributed by atoms with Crippen molar-refractivity contribution in [3.8, 4) is 5.75 Å². The van der Waals surface area contributed by atoms with Gasteiger partial charge in [0.1, 0.15) is 12.4 Å². The Labute approximate surface area is 107 Å². The molecule has 0 spiro atoms. The first kappa shape index (κ1) is 14.3. The van der Waals surface area contributed by atoms with E-state index in [0.29, 0.717) is 24.3 Å². The van der Waals surface area contributed by atoms with Crippen LogP contribution in [0, 0.1) is 0 Å². The molecule has 0 saturated heterocycles. The summed E-state index contributed by atoms with van der Waals surface area (Å²) in [4.78, 5) is 11.8. The van der Waals surface area contributed by atoms with E-state index in [4.69, 9.17) is 9.84 Å². The summed E-state index contributed by atoms with van der Waals surface area (Å²) in [5.74, 6) is 0.506. The van der Waals surface area contributed by atoms with Gasteiger partial charge in [0.25, 0.3) is 5.91 Å². The van der Waals surface area contributed by atoms with Gasteiger partial charge in [0, 0.05) is 5.56 Å². The number of hydrogen-bond acceptors (Lipinski definition) is 3. The summed E-state index contributed by atoms with van der Waals surface area (Å²) in [6.45, 7) is 5.86. The van der Waals surface area contributed by atoms with Gasteiger partial charge in [-0.25, -0.2) is 0 Å². The molecule has 0 aromatic heterocycles. The molecule has 18 heavy (non-hydrogen) atoms. The topological polar surface area (TPSA) is 58.6 Å². The van der Waals surface area contributed by atoms with Crippen molar-refractivity contribution >= 4 is 5.91 Å². The highest BCUT2D eigenvalue weighted by atomic mass is 16.5. The fraction of sp³-hybridized carbons (Fsp3) is 0.357. The van der Waals surface area contributed by atoms with Crippen molar-refractivity contribution < 1.29 is 14.6 Å². The van der Waals surface area contributed by atoms with E-state index in [1.54, 1.807) is 30.3 Å². The highest BCUT2D eigenvalue weighted by Gasteiger charge is 2.10. The van der Waals surface area contributed by atoms with Crippen molar-refractivity contribution in [1.82, 2.24) is 5.32 Å². The van der Waals surface area contributed by atoms with E-state index in [1.165, 1.54) is 0 Å². The van der Waals surface area contributed by atoms with E-state index in [2.05, 4.69) is 11.9 Å². The number of aliphatic hydroxyl groups is 1. The monoisotopic (exact) mass is 249 g/mol. The van der Waals surface area contributed by atoms with Crippen molar-refractivity contribution in [2.45, 2.75) is 19.4 Å². The number of hydrogen-bond donors (Lipinski definition) is 2. The quantitative estimate of drug-likeness (QED) is 0.724. The van der Waals surface area contributed by atoms with Gasteiger partial charge in [0.2, 0.25) is 0 Å². The minimum absolute atomic E-state index is 0.0528. The van der Waals surface area contributed by atoms with Gasteiger partial charge in [0.15, 0.2) is 0 Å². The van der Waals surface area contributed by atoms with E-state index in [1.807, 2.05) is 6.92 Å². The second-order valence-corrected chi connectivity index (χ2v) is 3.89. The molecule has 4 nitrogen and oxygen atoms in total. The molecule has 0 saturated carbocycles. The molecule has 2 N–H and O–H groups in total. The first-order valence-corrected chi connectivity index (χ1v) is 5.96. The van der Waals surface area contributed by atoms with E-state index in [-0.39, 0.29) is 18.6 Å². The standard InChI is InChI=1S/C14H19NO3/c1-3-9-18-13-7-5-11(6-8-13)14(17)15-12(4-2)10-16/h3,5-8,12,16H,1,4,9-10H2,2H3,(H,15,17). The second kappa shape index (κ2) is 7.50. The first-order chi connectivity index (χ1) is 8.71. The van der Waals surface area contributed by atoms with Crippen molar-refractivity contribution in [2.24, 2.45) is 0 Å². The van der Waals surface area contributed by atoms with Crippen LogP contribution in [0.2, 0.25) is 0 Å². The van der Waals surface area contributed by atoms with Crippen LogP contribution in [0.15, 0.2) is 36.9 Å². The number of nitrogens with one attached hydrogen (secondary N) is 1. The van der Waals surface area contributed by atoms with Crippen LogP contribution < -0.4 is 10.1 Å². The molecule has 0 aliphatic heterocycles. The zero-order valence-corrected chi connectivity index (χ0v) is 10.6. The lowest BCUT2D eigenvalue weighted by molar-refractivity contribution is 0.0915. The number of carbonyl (C=O) groups excluding carboxylic acids is 1. The maximum atomic E-state index is 11.8. The smallest absolute Gasteiger partial charge is 0.251 e. The fourth-order valence-electron chi connectivity index (χ4n) is 1.40. The highest BCUT2D eigenvalue weighted by Crippen LogP contribution is 2.12. The molecule has 0 bridgehead atoms. The molecular weight excluding hydrogens is 230 g/mol. The number of aliphatic hydroxyl groups excluding tert-OH is 1. The summed E-state index contributed by atoms with van der Waals surface area (Å²) in [5.41, 5.74) is 0.549. The van der Waals surface area contributed by atoms with Crippen LogP contribution in [0.1, 0.15) is 23.7 Å². The third-order valence-electron chi connectivity index (χ3n) is 2.53. The van der Waals surface area contributed by atoms with Gasteiger partial charge in [0.05, 0.1) is 12.6 Å². The minimum atomic E-state index is -0.200.